The molecule has 0 aliphatic heterocycles. The molecular weight excluding hydrogens is 340 g/mol. The summed E-state index contributed by atoms with van der Waals surface area (Å²) in [5, 5.41) is 19.1. The minimum absolute atomic E-state index is 0.120. The predicted molar refractivity (Wildman–Crippen MR) is 90.5 cm³/mol. The molecule has 0 radical (unpaired) electrons. The Kier molecular flexibility index (Phi) is 5.69. The first-order valence-corrected chi connectivity index (χ1v) is 7.05. The van der Waals surface area contributed by atoms with Crippen molar-refractivity contribution in [3.63, 3.8) is 0 Å². The van der Waals surface area contributed by atoms with Gasteiger partial charge >= 0.3 is 11.9 Å². The van der Waals surface area contributed by atoms with Crippen LogP contribution in [0.25, 0.3) is 11.1 Å². The van der Waals surface area contributed by atoms with E-state index in [-0.39, 0.29) is 22.5 Å². The molecule has 0 bridgehead atoms. The second kappa shape index (κ2) is 8.12. The number of benzene rings is 2. The molecule has 0 aliphatic carbocycles. The van der Waals surface area contributed by atoms with Crippen molar-refractivity contribution in [1.82, 2.24) is 0 Å². The first kappa shape index (κ1) is 18.2. The Balaban J connectivity index is 2.67. The minimum Gasteiger partial charge on any atom is -0.478 e. The fourth-order valence-electron chi connectivity index (χ4n) is 2.26. The Morgan fingerprint density at radius 3 is 1.19 bits per heavy atom. The number of nitrogens with zero attached hydrogens (tertiary/aromatic N) is 2. The fraction of sp³-hybridized carbons (Fsp3) is 0. The van der Waals surface area contributed by atoms with E-state index in [0.29, 0.717) is 0 Å². The molecule has 0 aliphatic rings. The van der Waals surface area contributed by atoms with Crippen LogP contribution in [0, 0.1) is 0 Å². The lowest BCUT2D eigenvalue weighted by molar-refractivity contribution is -0.132. The molecule has 2 N–H and O–H groups in total. The van der Waals surface area contributed by atoms with Gasteiger partial charge in [0.15, 0.2) is 0 Å². The molecule has 0 saturated heterocycles. The summed E-state index contributed by atoms with van der Waals surface area (Å²) in [6.45, 7) is 0. The first-order chi connectivity index (χ1) is 12.5. The number of carboxylic acid groups (broad SMARTS) is 2. The lowest BCUT2D eigenvalue weighted by Crippen LogP contribution is -2.10. The van der Waals surface area contributed by atoms with Crippen molar-refractivity contribution in [2.45, 2.75) is 0 Å². The molecule has 0 fully saturated rings. The number of isocyanates is 2. The van der Waals surface area contributed by atoms with Crippen LogP contribution in [0.1, 0.15) is 11.1 Å². The monoisotopic (exact) mass is 350 g/mol. The van der Waals surface area contributed by atoms with Gasteiger partial charge in [-0.1, -0.05) is 24.3 Å². The topological polar surface area (TPSA) is 133 Å². The van der Waals surface area contributed by atoms with Crippen molar-refractivity contribution < 1.29 is 29.4 Å². The molecule has 128 valence electrons. The zero-order valence-electron chi connectivity index (χ0n) is 13.0. The highest BCUT2D eigenvalue weighted by Crippen LogP contribution is 2.29. The van der Waals surface area contributed by atoms with E-state index < -0.39 is 23.1 Å². The summed E-state index contributed by atoms with van der Waals surface area (Å²) in [5.41, 5.74) is -0.135. The number of rotatable bonds is 6. The van der Waals surface area contributed by atoms with Gasteiger partial charge in [0.2, 0.25) is 12.2 Å². The molecule has 0 aromatic heterocycles. The van der Waals surface area contributed by atoms with E-state index in [1.165, 1.54) is 60.7 Å². The van der Waals surface area contributed by atoms with Crippen LogP contribution < -0.4 is 0 Å². The van der Waals surface area contributed by atoms with E-state index in [9.17, 15) is 29.4 Å². The van der Waals surface area contributed by atoms with Crippen LogP contribution in [-0.2, 0) is 19.2 Å². The Bertz CT molecular complexity index is 896. The molecule has 2 rings (SSSR count). The zero-order valence-corrected chi connectivity index (χ0v) is 13.0. The average molecular weight is 350 g/mol. The lowest BCUT2D eigenvalue weighted by Gasteiger charge is -2.10. The SMILES string of the molecule is O=C=Nc1ccc(/C(C(=O)O)=C(\C(=O)O)c2ccc(N=C=O)cc2)cc1. The van der Waals surface area contributed by atoms with Gasteiger partial charge in [-0.25, -0.2) is 19.2 Å². The molecule has 26 heavy (non-hydrogen) atoms. The number of aliphatic imine (C=N–C) groups is 2. The van der Waals surface area contributed by atoms with Gasteiger partial charge in [-0.2, -0.15) is 9.98 Å². The van der Waals surface area contributed by atoms with Gasteiger partial charge in [0.1, 0.15) is 0 Å². The summed E-state index contributed by atoms with van der Waals surface area (Å²) in [6.07, 6.45) is 2.71. The van der Waals surface area contributed by atoms with E-state index in [1.54, 1.807) is 0 Å². The Hall–Kier alpha value is -4.12. The van der Waals surface area contributed by atoms with Crippen LogP contribution in [-0.4, -0.2) is 34.3 Å². The zero-order chi connectivity index (χ0) is 19.1. The lowest BCUT2D eigenvalue weighted by atomic mass is 9.94. The second-order valence-electron chi connectivity index (χ2n) is 4.86. The van der Waals surface area contributed by atoms with Crippen molar-refractivity contribution >= 4 is 46.6 Å². The van der Waals surface area contributed by atoms with Gasteiger partial charge in [-0.3, -0.25) is 0 Å². The number of hydrogen-bond donors (Lipinski definition) is 2. The van der Waals surface area contributed by atoms with Crippen LogP contribution in [0.2, 0.25) is 0 Å². The normalized spacial score (nSPS) is 10.8. The standard InChI is InChI=1S/C18H10N2O6/c21-9-19-13-5-1-11(2-6-13)15(17(23)24)16(18(25)26)12-3-7-14(8-4-12)20-10-22/h1-8H,(H,23,24)(H,25,26)/b16-15+. The third kappa shape index (κ3) is 4.04. The summed E-state index contributed by atoms with van der Waals surface area (Å²) < 4.78 is 0. The molecule has 8 heteroatoms. The van der Waals surface area contributed by atoms with Gasteiger partial charge in [0, 0.05) is 0 Å². The third-order valence-electron chi connectivity index (χ3n) is 3.34. The minimum atomic E-state index is -1.44. The number of carboxylic acids is 2. The maximum Gasteiger partial charge on any atom is 0.337 e. The maximum absolute atomic E-state index is 11.7. The van der Waals surface area contributed by atoms with Crippen LogP contribution >= 0.6 is 0 Å². The summed E-state index contributed by atoms with van der Waals surface area (Å²) in [6, 6.07) is 10.8. The number of carbonyl (C=O) groups is 2. The summed E-state index contributed by atoms with van der Waals surface area (Å²) in [5.74, 6) is -2.88. The third-order valence-corrected chi connectivity index (χ3v) is 3.34. The molecule has 8 nitrogen and oxygen atoms in total. The highest BCUT2D eigenvalue weighted by atomic mass is 16.4. The summed E-state index contributed by atoms with van der Waals surface area (Å²) in [7, 11) is 0. The molecule has 0 heterocycles. The quantitative estimate of drug-likeness (QED) is 0.356. The second-order valence-corrected chi connectivity index (χ2v) is 4.86. The number of aliphatic carboxylic acids is 2. The predicted octanol–water partition coefficient (Wildman–Crippen LogP) is 2.70. The molecule has 0 unspecified atom stereocenters. The molecule has 0 amide bonds. The Morgan fingerprint density at radius 2 is 0.962 bits per heavy atom. The smallest absolute Gasteiger partial charge is 0.337 e. The Labute approximate surface area is 146 Å². The molecule has 2 aromatic rings. The van der Waals surface area contributed by atoms with Crippen molar-refractivity contribution in [2.75, 3.05) is 0 Å². The summed E-state index contributed by atoms with van der Waals surface area (Å²) in [4.78, 5) is 50.7. The van der Waals surface area contributed by atoms with Crippen LogP contribution in [0.3, 0.4) is 0 Å². The van der Waals surface area contributed by atoms with Gasteiger partial charge in [-0.05, 0) is 35.4 Å². The van der Waals surface area contributed by atoms with Crippen molar-refractivity contribution in [3.05, 3.63) is 59.7 Å². The van der Waals surface area contributed by atoms with E-state index in [0.717, 1.165) is 0 Å². The van der Waals surface area contributed by atoms with Gasteiger partial charge < -0.3 is 10.2 Å². The molecule has 0 saturated carbocycles. The van der Waals surface area contributed by atoms with E-state index >= 15 is 0 Å². The highest BCUT2D eigenvalue weighted by Gasteiger charge is 2.23. The van der Waals surface area contributed by atoms with Crippen molar-refractivity contribution in [1.29, 1.82) is 0 Å². The first-order valence-electron chi connectivity index (χ1n) is 7.05. The van der Waals surface area contributed by atoms with E-state index in [2.05, 4.69) is 9.98 Å². The summed E-state index contributed by atoms with van der Waals surface area (Å²) >= 11 is 0. The molecular formula is C18H10N2O6. The molecule has 0 spiro atoms. The number of carbonyl (C=O) groups excluding carboxylic acids is 2. The van der Waals surface area contributed by atoms with Gasteiger partial charge in [0.05, 0.1) is 22.5 Å². The van der Waals surface area contributed by atoms with E-state index in [1.807, 2.05) is 0 Å². The van der Waals surface area contributed by atoms with Crippen molar-refractivity contribution in [2.24, 2.45) is 9.98 Å². The molecule has 2 aromatic carbocycles. The van der Waals surface area contributed by atoms with Crippen molar-refractivity contribution in [3.8, 4) is 0 Å². The highest BCUT2D eigenvalue weighted by molar-refractivity contribution is 6.36. The van der Waals surface area contributed by atoms with Gasteiger partial charge in [-0.15, -0.1) is 0 Å². The van der Waals surface area contributed by atoms with Crippen LogP contribution in [0.5, 0.6) is 0 Å². The fourth-order valence-corrected chi connectivity index (χ4v) is 2.26. The van der Waals surface area contributed by atoms with Gasteiger partial charge in [0.25, 0.3) is 0 Å². The van der Waals surface area contributed by atoms with Crippen LogP contribution in [0.4, 0.5) is 11.4 Å². The van der Waals surface area contributed by atoms with E-state index in [4.69, 9.17) is 0 Å². The molecule has 0 atom stereocenters. The Morgan fingerprint density at radius 1 is 0.654 bits per heavy atom. The number of hydrogen-bond acceptors (Lipinski definition) is 6. The average Bonchev–Trinajstić information content (AvgIpc) is 2.61. The largest absolute Gasteiger partial charge is 0.478 e. The maximum atomic E-state index is 11.7. The van der Waals surface area contributed by atoms with Crippen LogP contribution in [0.15, 0.2) is 58.5 Å².